The summed E-state index contributed by atoms with van der Waals surface area (Å²) in [6.45, 7) is 4.12. The molecule has 0 unspecified atom stereocenters. The molecule has 5 nitrogen and oxygen atoms in total. The van der Waals surface area contributed by atoms with Crippen LogP contribution in [0.2, 0.25) is 0 Å². The van der Waals surface area contributed by atoms with E-state index in [1.807, 2.05) is 28.9 Å². The van der Waals surface area contributed by atoms with E-state index in [0.717, 1.165) is 27.8 Å². The molecule has 1 N–H and O–H groups in total. The molecule has 6 heteroatoms. The van der Waals surface area contributed by atoms with Crippen LogP contribution in [0.1, 0.15) is 46.0 Å². The molecule has 1 aliphatic rings. The normalized spacial score (nSPS) is 15.4. The van der Waals surface area contributed by atoms with Crippen LogP contribution in [0, 0.1) is 0 Å². The molecule has 29 heavy (non-hydrogen) atoms. The van der Waals surface area contributed by atoms with Crippen LogP contribution < -0.4 is 10.1 Å². The molecule has 0 spiro atoms. The van der Waals surface area contributed by atoms with E-state index in [-0.39, 0.29) is 6.10 Å². The third kappa shape index (κ3) is 3.69. The molecule has 0 atom stereocenters. The summed E-state index contributed by atoms with van der Waals surface area (Å²) in [6.07, 6.45) is 8.48. The largest absolute Gasteiger partial charge is 0.490 e. The van der Waals surface area contributed by atoms with Crippen LogP contribution in [0.25, 0.3) is 26.3 Å². The first-order valence-electron chi connectivity index (χ1n) is 10.5. The molecule has 4 aromatic rings. The van der Waals surface area contributed by atoms with Gasteiger partial charge in [0.2, 0.25) is 0 Å². The van der Waals surface area contributed by atoms with Crippen molar-refractivity contribution in [3.05, 3.63) is 42.6 Å². The Morgan fingerprint density at radius 3 is 2.83 bits per heavy atom. The van der Waals surface area contributed by atoms with Crippen LogP contribution in [0.4, 0.5) is 5.82 Å². The lowest BCUT2D eigenvalue weighted by Gasteiger charge is -2.23. The standard InChI is InChI=1S/C23H26N4OS/c1-15(2)28-19-10-6-7-16-13-20(29-23(16)19)18-14-24-22-12-11-21(26-27(18)22)25-17-8-4-3-5-9-17/h6-7,10-15,17H,3-5,8-9H2,1-2H3,(H,25,26). The number of rotatable bonds is 5. The molecular formula is C23H26N4OS. The van der Waals surface area contributed by atoms with Gasteiger partial charge in [-0.15, -0.1) is 16.4 Å². The number of fused-ring (bicyclic) bond motifs is 2. The lowest BCUT2D eigenvalue weighted by Crippen LogP contribution is -2.23. The maximum Gasteiger partial charge on any atom is 0.154 e. The Kier molecular flexibility index (Phi) is 4.87. The number of anilines is 1. The van der Waals surface area contributed by atoms with Gasteiger partial charge in [-0.25, -0.2) is 9.50 Å². The number of aromatic nitrogens is 3. The van der Waals surface area contributed by atoms with E-state index < -0.39 is 0 Å². The summed E-state index contributed by atoms with van der Waals surface area (Å²) in [5.41, 5.74) is 1.88. The Balaban J connectivity index is 1.51. The van der Waals surface area contributed by atoms with Gasteiger partial charge in [0, 0.05) is 6.04 Å². The van der Waals surface area contributed by atoms with Crippen LogP contribution in [0.3, 0.4) is 0 Å². The van der Waals surface area contributed by atoms with Crippen LogP contribution in [0.5, 0.6) is 5.75 Å². The van der Waals surface area contributed by atoms with Gasteiger partial charge in [0.05, 0.1) is 21.9 Å². The van der Waals surface area contributed by atoms with Crippen LogP contribution in [0.15, 0.2) is 42.6 Å². The minimum atomic E-state index is 0.150. The molecule has 1 aliphatic carbocycles. The molecule has 0 saturated heterocycles. The monoisotopic (exact) mass is 406 g/mol. The second-order valence-corrected chi connectivity index (χ2v) is 9.12. The zero-order chi connectivity index (χ0) is 19.8. The van der Waals surface area contributed by atoms with Gasteiger partial charge >= 0.3 is 0 Å². The predicted octanol–water partition coefficient (Wildman–Crippen LogP) is 6.14. The lowest BCUT2D eigenvalue weighted by atomic mass is 9.95. The molecule has 0 aliphatic heterocycles. The highest BCUT2D eigenvalue weighted by atomic mass is 32.1. The van der Waals surface area contributed by atoms with Gasteiger partial charge in [0.15, 0.2) is 5.65 Å². The van der Waals surface area contributed by atoms with Gasteiger partial charge in [-0.1, -0.05) is 31.4 Å². The van der Waals surface area contributed by atoms with Gasteiger partial charge in [-0.2, -0.15) is 0 Å². The topological polar surface area (TPSA) is 51.5 Å². The van der Waals surface area contributed by atoms with Crippen molar-refractivity contribution >= 4 is 32.9 Å². The van der Waals surface area contributed by atoms with Crippen molar-refractivity contribution in [2.75, 3.05) is 5.32 Å². The van der Waals surface area contributed by atoms with E-state index in [1.54, 1.807) is 11.3 Å². The van der Waals surface area contributed by atoms with Gasteiger partial charge in [-0.05, 0) is 56.3 Å². The number of nitrogens with zero attached hydrogens (tertiary/aromatic N) is 3. The third-order valence-corrected chi connectivity index (χ3v) is 6.63. The first-order valence-corrected chi connectivity index (χ1v) is 11.3. The number of hydrogen-bond acceptors (Lipinski definition) is 5. The van der Waals surface area contributed by atoms with E-state index in [9.17, 15) is 0 Å². The zero-order valence-corrected chi connectivity index (χ0v) is 17.7. The Morgan fingerprint density at radius 2 is 2.00 bits per heavy atom. The molecule has 3 heterocycles. The smallest absolute Gasteiger partial charge is 0.154 e. The molecule has 0 amide bonds. The number of imidazole rings is 1. The predicted molar refractivity (Wildman–Crippen MR) is 120 cm³/mol. The molecule has 1 saturated carbocycles. The molecule has 1 aromatic carbocycles. The van der Waals surface area contributed by atoms with Gasteiger partial charge < -0.3 is 10.1 Å². The third-order valence-electron chi connectivity index (χ3n) is 5.44. The summed E-state index contributed by atoms with van der Waals surface area (Å²) in [5, 5.41) is 9.68. The van der Waals surface area contributed by atoms with Gasteiger partial charge in [0.1, 0.15) is 17.3 Å². The zero-order valence-electron chi connectivity index (χ0n) is 16.9. The maximum atomic E-state index is 6.01. The van der Waals surface area contributed by atoms with Crippen molar-refractivity contribution in [2.24, 2.45) is 0 Å². The Morgan fingerprint density at radius 1 is 1.14 bits per heavy atom. The van der Waals surface area contributed by atoms with Crippen LogP contribution in [-0.2, 0) is 0 Å². The molecule has 5 rings (SSSR count). The van der Waals surface area contributed by atoms with E-state index in [2.05, 4.69) is 42.3 Å². The SMILES string of the molecule is CC(C)Oc1cccc2cc(-c3cnc4ccc(NC5CCCCC5)nn34)sc12. The summed E-state index contributed by atoms with van der Waals surface area (Å²) in [4.78, 5) is 5.72. The van der Waals surface area contributed by atoms with Crippen molar-refractivity contribution < 1.29 is 4.74 Å². The average Bonchev–Trinajstić information content (AvgIpc) is 3.32. The highest BCUT2D eigenvalue weighted by Crippen LogP contribution is 2.39. The Bertz CT molecular complexity index is 1140. The minimum Gasteiger partial charge on any atom is -0.490 e. The summed E-state index contributed by atoms with van der Waals surface area (Å²) >= 11 is 1.73. The van der Waals surface area contributed by atoms with Gasteiger partial charge in [0.25, 0.3) is 0 Å². The van der Waals surface area contributed by atoms with Gasteiger partial charge in [-0.3, -0.25) is 0 Å². The highest BCUT2D eigenvalue weighted by Gasteiger charge is 2.16. The fourth-order valence-corrected chi connectivity index (χ4v) is 5.19. The fourth-order valence-electron chi connectivity index (χ4n) is 4.08. The second kappa shape index (κ2) is 7.67. The summed E-state index contributed by atoms with van der Waals surface area (Å²) in [6, 6.07) is 13.1. The summed E-state index contributed by atoms with van der Waals surface area (Å²) in [5.74, 6) is 1.86. The Hall–Kier alpha value is -2.60. The van der Waals surface area contributed by atoms with Crippen molar-refractivity contribution in [3.8, 4) is 16.3 Å². The van der Waals surface area contributed by atoms with E-state index in [4.69, 9.17) is 9.84 Å². The van der Waals surface area contributed by atoms with Crippen molar-refractivity contribution in [1.82, 2.24) is 14.6 Å². The number of hydrogen-bond donors (Lipinski definition) is 1. The lowest BCUT2D eigenvalue weighted by molar-refractivity contribution is 0.246. The van der Waals surface area contributed by atoms with Crippen molar-refractivity contribution in [1.29, 1.82) is 0 Å². The maximum absolute atomic E-state index is 6.01. The molecular weight excluding hydrogens is 380 g/mol. The number of nitrogens with one attached hydrogen (secondary N) is 1. The summed E-state index contributed by atoms with van der Waals surface area (Å²) in [7, 11) is 0. The average molecular weight is 407 g/mol. The Labute approximate surface area is 174 Å². The first-order chi connectivity index (χ1) is 14.2. The van der Waals surface area contributed by atoms with E-state index in [1.165, 1.54) is 42.2 Å². The molecule has 0 radical (unpaired) electrons. The quantitative estimate of drug-likeness (QED) is 0.432. The summed E-state index contributed by atoms with van der Waals surface area (Å²) < 4.78 is 9.14. The number of thiophene rings is 1. The number of ether oxygens (including phenoxy) is 1. The van der Waals surface area contributed by atoms with Crippen molar-refractivity contribution in [2.45, 2.75) is 58.1 Å². The second-order valence-electron chi connectivity index (χ2n) is 8.06. The van der Waals surface area contributed by atoms with Crippen LogP contribution in [-0.4, -0.2) is 26.7 Å². The van der Waals surface area contributed by atoms with Crippen LogP contribution >= 0.6 is 11.3 Å². The molecule has 150 valence electrons. The first kappa shape index (κ1) is 18.4. The number of benzene rings is 1. The molecule has 1 fully saturated rings. The highest BCUT2D eigenvalue weighted by molar-refractivity contribution is 7.22. The fraction of sp³-hybridized carbons (Fsp3) is 0.391. The van der Waals surface area contributed by atoms with E-state index in [0.29, 0.717) is 6.04 Å². The molecule has 3 aromatic heterocycles. The minimum absolute atomic E-state index is 0.150. The molecule has 0 bridgehead atoms. The van der Waals surface area contributed by atoms with Crippen molar-refractivity contribution in [3.63, 3.8) is 0 Å². The van der Waals surface area contributed by atoms with E-state index >= 15 is 0 Å².